The quantitative estimate of drug-likeness (QED) is 0.892. The fourth-order valence-electron chi connectivity index (χ4n) is 2.66. The molecule has 0 aliphatic carbocycles. The van der Waals surface area contributed by atoms with Crippen molar-refractivity contribution in [2.45, 2.75) is 25.3 Å². The van der Waals surface area contributed by atoms with Gasteiger partial charge in [-0.2, -0.15) is 0 Å². The Morgan fingerprint density at radius 2 is 2.09 bits per heavy atom. The summed E-state index contributed by atoms with van der Waals surface area (Å²) in [6.07, 6.45) is 0.606. The summed E-state index contributed by atoms with van der Waals surface area (Å²) in [4.78, 5) is 25.5. The molecule has 1 amide bonds. The maximum absolute atomic E-state index is 12.8. The number of amides is 1. The maximum Gasteiger partial charge on any atom is 0.328 e. The second kappa shape index (κ2) is 7.26. The molecule has 1 aromatic carbocycles. The zero-order valence-corrected chi connectivity index (χ0v) is 12.8. The second-order valence-corrected chi connectivity index (χ2v) is 5.19. The summed E-state index contributed by atoms with van der Waals surface area (Å²) < 4.78 is 10.3. The molecule has 1 N–H and O–H groups in total. The molecular weight excluding hydrogens is 286 g/mol. The van der Waals surface area contributed by atoms with Crippen molar-refractivity contribution in [1.29, 1.82) is 0 Å². The van der Waals surface area contributed by atoms with Crippen LogP contribution in [0.15, 0.2) is 24.3 Å². The van der Waals surface area contributed by atoms with E-state index in [1.165, 1.54) is 4.90 Å². The van der Waals surface area contributed by atoms with Gasteiger partial charge in [0, 0.05) is 6.54 Å². The van der Waals surface area contributed by atoms with Gasteiger partial charge in [-0.15, -0.1) is 0 Å². The lowest BCUT2D eigenvalue weighted by atomic mass is 9.94. The van der Waals surface area contributed by atoms with Crippen LogP contribution in [-0.4, -0.2) is 54.8 Å². The van der Waals surface area contributed by atoms with Gasteiger partial charge in [-0.3, -0.25) is 4.79 Å². The minimum Gasteiger partial charge on any atom is -0.497 e. The summed E-state index contributed by atoms with van der Waals surface area (Å²) in [5.41, 5.74) is 0.865. The van der Waals surface area contributed by atoms with Crippen molar-refractivity contribution in [3.63, 3.8) is 0 Å². The van der Waals surface area contributed by atoms with Gasteiger partial charge in [0.15, 0.2) is 6.04 Å². The van der Waals surface area contributed by atoms with E-state index in [9.17, 15) is 14.7 Å². The molecular formula is C16H21NO5. The lowest BCUT2D eigenvalue weighted by Crippen LogP contribution is -2.53. The molecule has 1 aromatic rings. The van der Waals surface area contributed by atoms with Crippen molar-refractivity contribution in [3.05, 3.63) is 29.8 Å². The Balaban J connectivity index is 2.21. The van der Waals surface area contributed by atoms with E-state index >= 15 is 0 Å². The Labute approximate surface area is 129 Å². The zero-order valence-electron chi connectivity index (χ0n) is 12.8. The first kappa shape index (κ1) is 16.3. The highest BCUT2D eigenvalue weighted by Gasteiger charge is 2.35. The topological polar surface area (TPSA) is 76.1 Å². The second-order valence-electron chi connectivity index (χ2n) is 5.19. The van der Waals surface area contributed by atoms with Crippen LogP contribution in [0.25, 0.3) is 0 Å². The number of nitrogens with zero attached hydrogens (tertiary/aromatic N) is 1. The Hall–Kier alpha value is -2.08. The molecule has 1 aliphatic heterocycles. The van der Waals surface area contributed by atoms with Gasteiger partial charge < -0.3 is 19.5 Å². The van der Waals surface area contributed by atoms with E-state index in [0.717, 1.165) is 11.3 Å². The molecule has 2 atom stereocenters. The van der Waals surface area contributed by atoms with Crippen molar-refractivity contribution in [2.75, 3.05) is 26.9 Å². The number of hydrogen-bond acceptors (Lipinski definition) is 4. The molecule has 1 saturated heterocycles. The first-order valence-electron chi connectivity index (χ1n) is 7.33. The average Bonchev–Trinajstić information content (AvgIpc) is 2.56. The van der Waals surface area contributed by atoms with Crippen LogP contribution in [0.1, 0.15) is 24.8 Å². The zero-order chi connectivity index (χ0) is 16.1. The van der Waals surface area contributed by atoms with Crippen LogP contribution in [0, 0.1) is 0 Å². The molecule has 22 heavy (non-hydrogen) atoms. The molecule has 1 fully saturated rings. The van der Waals surface area contributed by atoms with Gasteiger partial charge in [-0.05, 0) is 24.1 Å². The molecule has 6 heteroatoms. The first-order chi connectivity index (χ1) is 10.6. The lowest BCUT2D eigenvalue weighted by molar-refractivity contribution is -0.159. The number of ether oxygens (including phenoxy) is 2. The summed E-state index contributed by atoms with van der Waals surface area (Å²) >= 11 is 0. The highest BCUT2D eigenvalue weighted by Crippen LogP contribution is 2.26. The minimum atomic E-state index is -1.03. The van der Waals surface area contributed by atoms with Crippen LogP contribution in [0.4, 0.5) is 0 Å². The van der Waals surface area contributed by atoms with Gasteiger partial charge in [-0.25, -0.2) is 4.79 Å². The van der Waals surface area contributed by atoms with Gasteiger partial charge in [0.05, 0.1) is 26.2 Å². The van der Waals surface area contributed by atoms with Crippen LogP contribution in [0.5, 0.6) is 5.75 Å². The van der Waals surface area contributed by atoms with Crippen molar-refractivity contribution in [2.24, 2.45) is 0 Å². The van der Waals surface area contributed by atoms with E-state index in [0.29, 0.717) is 19.6 Å². The summed E-state index contributed by atoms with van der Waals surface area (Å²) in [7, 11) is 1.59. The van der Waals surface area contributed by atoms with E-state index in [4.69, 9.17) is 9.47 Å². The minimum absolute atomic E-state index is 0.0418. The highest BCUT2D eigenvalue weighted by molar-refractivity contribution is 5.88. The number of carbonyl (C=O) groups is 2. The SMILES string of the molecule is CCC(C(=O)N1CCOCC1C(=O)O)c1ccc(OC)cc1. The van der Waals surface area contributed by atoms with Crippen LogP contribution < -0.4 is 4.74 Å². The molecule has 0 aromatic heterocycles. The number of hydrogen-bond donors (Lipinski definition) is 1. The number of carboxylic acids is 1. The molecule has 0 saturated carbocycles. The van der Waals surface area contributed by atoms with Gasteiger partial charge >= 0.3 is 5.97 Å². The number of aliphatic carboxylic acids is 1. The number of rotatable bonds is 5. The first-order valence-corrected chi connectivity index (χ1v) is 7.33. The molecule has 2 unspecified atom stereocenters. The van der Waals surface area contributed by atoms with Crippen molar-refractivity contribution in [3.8, 4) is 5.75 Å². The van der Waals surface area contributed by atoms with Crippen molar-refractivity contribution in [1.82, 2.24) is 4.90 Å². The van der Waals surface area contributed by atoms with Crippen molar-refractivity contribution < 1.29 is 24.2 Å². The van der Waals surface area contributed by atoms with E-state index in [2.05, 4.69) is 0 Å². The predicted octanol–water partition coefficient (Wildman–Crippen LogP) is 1.50. The van der Waals surface area contributed by atoms with Crippen LogP contribution in [0.3, 0.4) is 0 Å². The maximum atomic E-state index is 12.8. The van der Waals surface area contributed by atoms with Gasteiger partial charge in [-0.1, -0.05) is 19.1 Å². The molecule has 2 rings (SSSR count). The van der Waals surface area contributed by atoms with E-state index in [-0.39, 0.29) is 18.4 Å². The van der Waals surface area contributed by atoms with Crippen LogP contribution in [-0.2, 0) is 14.3 Å². The molecule has 6 nitrogen and oxygen atoms in total. The van der Waals surface area contributed by atoms with Gasteiger partial charge in [0.25, 0.3) is 0 Å². The third-order valence-electron chi connectivity index (χ3n) is 3.92. The molecule has 0 radical (unpaired) electrons. The number of carboxylic acid groups (broad SMARTS) is 1. The summed E-state index contributed by atoms with van der Waals surface area (Å²) in [5, 5.41) is 9.26. The van der Waals surface area contributed by atoms with Crippen molar-refractivity contribution >= 4 is 11.9 Å². The standard InChI is InChI=1S/C16H21NO5/c1-3-13(11-4-6-12(21-2)7-5-11)15(18)17-8-9-22-10-14(17)16(19)20/h4-7,13-14H,3,8-10H2,1-2H3,(H,19,20). The number of morpholine rings is 1. The Kier molecular flexibility index (Phi) is 5.38. The Morgan fingerprint density at radius 1 is 1.41 bits per heavy atom. The number of carbonyl (C=O) groups excluding carboxylic acids is 1. The summed E-state index contributed by atoms with van der Waals surface area (Å²) in [6.45, 7) is 2.64. The fraction of sp³-hybridized carbons (Fsp3) is 0.500. The molecule has 1 aliphatic rings. The Morgan fingerprint density at radius 3 is 2.64 bits per heavy atom. The predicted molar refractivity (Wildman–Crippen MR) is 80.0 cm³/mol. The third kappa shape index (κ3) is 3.39. The van der Waals surface area contributed by atoms with Gasteiger partial charge in [0.2, 0.25) is 5.91 Å². The fourth-order valence-corrected chi connectivity index (χ4v) is 2.66. The Bertz CT molecular complexity index is 528. The van der Waals surface area contributed by atoms with E-state index in [1.54, 1.807) is 19.2 Å². The number of benzene rings is 1. The molecule has 1 heterocycles. The average molecular weight is 307 g/mol. The summed E-state index contributed by atoms with van der Waals surface area (Å²) in [5.74, 6) is -0.826. The van der Waals surface area contributed by atoms with Gasteiger partial charge in [0.1, 0.15) is 5.75 Å². The lowest BCUT2D eigenvalue weighted by Gasteiger charge is -2.35. The normalized spacial score (nSPS) is 19.5. The van der Waals surface area contributed by atoms with Crippen LogP contribution in [0.2, 0.25) is 0 Å². The molecule has 0 bridgehead atoms. The third-order valence-corrected chi connectivity index (χ3v) is 3.92. The molecule has 120 valence electrons. The smallest absolute Gasteiger partial charge is 0.328 e. The van der Waals surface area contributed by atoms with E-state index < -0.39 is 12.0 Å². The molecule has 0 spiro atoms. The summed E-state index contributed by atoms with van der Waals surface area (Å²) in [6, 6.07) is 6.40. The largest absolute Gasteiger partial charge is 0.497 e. The highest BCUT2D eigenvalue weighted by atomic mass is 16.5. The number of methoxy groups -OCH3 is 1. The van der Waals surface area contributed by atoms with E-state index in [1.807, 2.05) is 19.1 Å². The van der Waals surface area contributed by atoms with Crippen LogP contribution >= 0.6 is 0 Å². The monoisotopic (exact) mass is 307 g/mol.